The van der Waals surface area contributed by atoms with E-state index in [9.17, 15) is 18.0 Å². The van der Waals surface area contributed by atoms with Gasteiger partial charge < -0.3 is 19.7 Å². The second kappa shape index (κ2) is 12.7. The molecule has 2 heterocycles. The van der Waals surface area contributed by atoms with Gasteiger partial charge in [0.2, 0.25) is 0 Å². The number of amides is 1. The highest BCUT2D eigenvalue weighted by atomic mass is 19.4. The molecule has 0 aromatic heterocycles. The van der Waals surface area contributed by atoms with Crippen LogP contribution in [0.15, 0.2) is 36.4 Å². The number of nitrogens with zero attached hydrogens (tertiary/aromatic N) is 2. The minimum Gasteiger partial charge on any atom is -0.493 e. The minimum atomic E-state index is -4.41. The van der Waals surface area contributed by atoms with Crippen molar-refractivity contribution in [2.45, 2.75) is 64.3 Å². The van der Waals surface area contributed by atoms with Gasteiger partial charge in [0.25, 0.3) is 5.91 Å². The molecule has 2 bridgehead atoms. The van der Waals surface area contributed by atoms with E-state index in [1.165, 1.54) is 23.3 Å². The van der Waals surface area contributed by atoms with E-state index in [1.807, 2.05) is 4.90 Å². The van der Waals surface area contributed by atoms with Crippen LogP contribution in [0.25, 0.3) is 0 Å². The van der Waals surface area contributed by atoms with Crippen LogP contribution in [0.2, 0.25) is 0 Å². The maximum absolute atomic E-state index is 13.1. The first-order chi connectivity index (χ1) is 18.6. The van der Waals surface area contributed by atoms with Crippen molar-refractivity contribution in [3.63, 3.8) is 0 Å². The van der Waals surface area contributed by atoms with Crippen LogP contribution in [0, 0.1) is 13.8 Å². The number of unbranched alkanes of at least 4 members (excludes halogenated alkanes) is 1. The Hall–Kier alpha value is -2.62. The van der Waals surface area contributed by atoms with Gasteiger partial charge in [-0.3, -0.25) is 9.69 Å². The van der Waals surface area contributed by atoms with Gasteiger partial charge in [-0.25, -0.2) is 0 Å². The molecule has 2 aliphatic rings. The SMILES string of the molecule is COCCNCCCCOc1ccc([C@H](C)N2C[C@H]3C[C@@H]2CN3C(=O)c2ccc(C(F)(F)F)cc2)c(C)c1C. The zero-order valence-corrected chi connectivity index (χ0v) is 23.3. The Morgan fingerprint density at radius 1 is 1.00 bits per heavy atom. The molecular weight excluding hydrogens is 507 g/mol. The Labute approximate surface area is 229 Å². The fraction of sp³-hybridized carbons (Fsp3) is 0.567. The summed E-state index contributed by atoms with van der Waals surface area (Å²) in [5, 5.41) is 3.34. The quantitative estimate of drug-likeness (QED) is 0.362. The third-order valence-electron chi connectivity index (χ3n) is 8.22. The number of alkyl halides is 3. The molecule has 0 spiro atoms. The highest BCUT2D eigenvalue weighted by Crippen LogP contribution is 2.40. The van der Waals surface area contributed by atoms with Gasteiger partial charge in [0.1, 0.15) is 5.75 Å². The first-order valence-corrected chi connectivity index (χ1v) is 13.8. The number of likely N-dealkylation sites (tertiary alicyclic amines) is 2. The average Bonchev–Trinajstić information content (AvgIpc) is 3.53. The van der Waals surface area contributed by atoms with Crippen molar-refractivity contribution in [2.75, 3.05) is 46.5 Å². The van der Waals surface area contributed by atoms with Crippen LogP contribution in [-0.4, -0.2) is 74.3 Å². The zero-order chi connectivity index (χ0) is 28.2. The average molecular weight is 548 g/mol. The molecule has 4 rings (SSSR count). The second-order valence-corrected chi connectivity index (χ2v) is 10.7. The maximum Gasteiger partial charge on any atom is 0.416 e. The molecule has 1 amide bonds. The lowest BCUT2D eigenvalue weighted by molar-refractivity contribution is -0.137. The van der Waals surface area contributed by atoms with E-state index >= 15 is 0 Å². The van der Waals surface area contributed by atoms with Crippen LogP contribution in [-0.2, 0) is 10.9 Å². The number of carbonyl (C=O) groups excluding carboxylic acids is 1. The molecule has 2 aliphatic heterocycles. The maximum atomic E-state index is 13.1. The summed E-state index contributed by atoms with van der Waals surface area (Å²) >= 11 is 0. The summed E-state index contributed by atoms with van der Waals surface area (Å²) in [6.07, 6.45) is -1.49. The molecule has 0 radical (unpaired) electrons. The Bertz CT molecular complexity index is 1120. The summed E-state index contributed by atoms with van der Waals surface area (Å²) in [6, 6.07) is 9.25. The van der Waals surface area contributed by atoms with Crippen LogP contribution >= 0.6 is 0 Å². The standard InChI is InChI=1S/C30H40F3N3O3/c1-20-21(2)28(39-15-6-5-13-34-14-16-38-4)12-11-27(20)22(3)35-18-26-17-25(35)19-36(26)29(37)23-7-9-24(10-8-23)30(31,32)33/h7-12,22,25-26,34H,5-6,13-19H2,1-4H3/t22-,25+,26+/m0/s1. The van der Waals surface area contributed by atoms with Crippen LogP contribution in [0.5, 0.6) is 5.75 Å². The smallest absolute Gasteiger partial charge is 0.416 e. The number of piperazine rings is 1. The van der Waals surface area contributed by atoms with E-state index in [0.717, 1.165) is 68.9 Å². The Balaban J connectivity index is 1.31. The molecule has 2 saturated heterocycles. The lowest BCUT2D eigenvalue weighted by atomic mass is 9.96. The van der Waals surface area contributed by atoms with Crippen molar-refractivity contribution in [2.24, 2.45) is 0 Å². The number of methoxy groups -OCH3 is 1. The Kier molecular flexibility index (Phi) is 9.56. The predicted molar refractivity (Wildman–Crippen MR) is 145 cm³/mol. The fourth-order valence-corrected chi connectivity index (χ4v) is 5.83. The van der Waals surface area contributed by atoms with Crippen LogP contribution in [0.3, 0.4) is 0 Å². The monoisotopic (exact) mass is 547 g/mol. The molecule has 9 heteroatoms. The van der Waals surface area contributed by atoms with Gasteiger partial charge in [-0.1, -0.05) is 6.07 Å². The van der Waals surface area contributed by atoms with Gasteiger partial charge >= 0.3 is 6.18 Å². The van der Waals surface area contributed by atoms with E-state index in [4.69, 9.17) is 9.47 Å². The molecule has 0 saturated carbocycles. The lowest BCUT2D eigenvalue weighted by Crippen LogP contribution is -2.49. The highest BCUT2D eigenvalue weighted by molar-refractivity contribution is 5.94. The number of ether oxygens (including phenoxy) is 2. The summed E-state index contributed by atoms with van der Waals surface area (Å²) in [5.41, 5.74) is 3.20. The molecule has 2 aromatic carbocycles. The number of carbonyl (C=O) groups is 1. The van der Waals surface area contributed by atoms with Gasteiger partial charge in [-0.05, 0) is 93.6 Å². The van der Waals surface area contributed by atoms with Crippen molar-refractivity contribution in [3.05, 3.63) is 64.2 Å². The van der Waals surface area contributed by atoms with E-state index in [0.29, 0.717) is 18.7 Å². The second-order valence-electron chi connectivity index (χ2n) is 10.7. The first kappa shape index (κ1) is 29.4. The molecule has 2 aromatic rings. The minimum absolute atomic E-state index is 0.0697. The van der Waals surface area contributed by atoms with Crippen molar-refractivity contribution in [1.82, 2.24) is 15.1 Å². The normalized spacial score (nSPS) is 20.0. The van der Waals surface area contributed by atoms with E-state index in [-0.39, 0.29) is 24.0 Å². The molecular formula is C30H40F3N3O3. The molecule has 214 valence electrons. The van der Waals surface area contributed by atoms with Gasteiger partial charge in [0, 0.05) is 50.4 Å². The first-order valence-electron chi connectivity index (χ1n) is 13.8. The van der Waals surface area contributed by atoms with E-state index in [1.54, 1.807) is 7.11 Å². The number of hydrogen-bond donors (Lipinski definition) is 1. The van der Waals surface area contributed by atoms with Crippen LogP contribution in [0.4, 0.5) is 13.2 Å². The van der Waals surface area contributed by atoms with Gasteiger partial charge in [-0.2, -0.15) is 13.2 Å². The van der Waals surface area contributed by atoms with Crippen molar-refractivity contribution in [3.8, 4) is 5.75 Å². The summed E-state index contributed by atoms with van der Waals surface area (Å²) in [5.74, 6) is 0.731. The molecule has 3 atom stereocenters. The number of nitrogens with one attached hydrogen (secondary N) is 1. The van der Waals surface area contributed by atoms with E-state index < -0.39 is 11.7 Å². The molecule has 0 unspecified atom stereocenters. The van der Waals surface area contributed by atoms with Gasteiger partial charge in [0.05, 0.1) is 18.8 Å². The third kappa shape index (κ3) is 6.76. The number of rotatable bonds is 12. The van der Waals surface area contributed by atoms with Gasteiger partial charge in [0.15, 0.2) is 0 Å². The van der Waals surface area contributed by atoms with Crippen molar-refractivity contribution in [1.29, 1.82) is 0 Å². The Morgan fingerprint density at radius 3 is 2.38 bits per heavy atom. The predicted octanol–water partition coefficient (Wildman–Crippen LogP) is 5.38. The largest absolute Gasteiger partial charge is 0.493 e. The summed E-state index contributed by atoms with van der Waals surface area (Å²) < 4.78 is 49.8. The fourth-order valence-electron chi connectivity index (χ4n) is 5.83. The number of hydrogen-bond acceptors (Lipinski definition) is 5. The molecule has 1 N–H and O–H groups in total. The molecule has 6 nitrogen and oxygen atoms in total. The van der Waals surface area contributed by atoms with Crippen molar-refractivity contribution < 1.29 is 27.4 Å². The summed E-state index contributed by atoms with van der Waals surface area (Å²) in [4.78, 5) is 17.4. The van der Waals surface area contributed by atoms with Crippen molar-refractivity contribution >= 4 is 5.91 Å². The topological polar surface area (TPSA) is 54.0 Å². The van der Waals surface area contributed by atoms with E-state index in [2.05, 4.69) is 43.1 Å². The molecule has 39 heavy (non-hydrogen) atoms. The van der Waals surface area contributed by atoms with Crippen LogP contribution < -0.4 is 10.1 Å². The Morgan fingerprint density at radius 2 is 1.74 bits per heavy atom. The van der Waals surface area contributed by atoms with Gasteiger partial charge in [-0.15, -0.1) is 0 Å². The zero-order valence-electron chi connectivity index (χ0n) is 23.3. The number of fused-ring (bicyclic) bond motifs is 2. The number of benzene rings is 2. The molecule has 0 aliphatic carbocycles. The molecule has 2 fully saturated rings. The van der Waals surface area contributed by atoms with Crippen LogP contribution in [0.1, 0.15) is 64.8 Å². The summed E-state index contributed by atoms with van der Waals surface area (Å²) in [7, 11) is 1.70. The number of halogens is 3. The summed E-state index contributed by atoms with van der Waals surface area (Å²) in [6.45, 7) is 11.0. The highest BCUT2D eigenvalue weighted by Gasteiger charge is 2.47. The third-order valence-corrected chi connectivity index (χ3v) is 8.22. The lowest BCUT2D eigenvalue weighted by Gasteiger charge is -2.38.